The van der Waals surface area contributed by atoms with Crippen LogP contribution in [0.15, 0.2) is 4.99 Å². The van der Waals surface area contributed by atoms with Crippen LogP contribution >= 0.6 is 11.3 Å². The molecule has 2 aromatic heterocycles. The summed E-state index contributed by atoms with van der Waals surface area (Å²) in [6.45, 7) is 2.15. The van der Waals surface area contributed by atoms with Gasteiger partial charge in [0, 0.05) is 4.88 Å². The number of aromatic amines is 1. The average molecular weight is 306 g/mol. The first-order valence-corrected chi connectivity index (χ1v) is 7.45. The summed E-state index contributed by atoms with van der Waals surface area (Å²) in [5, 5.41) is 16.6. The summed E-state index contributed by atoms with van der Waals surface area (Å²) < 4.78 is 5.14. The molecule has 0 spiro atoms. The van der Waals surface area contributed by atoms with Crippen molar-refractivity contribution in [1.82, 2.24) is 20.6 Å². The zero-order valence-electron chi connectivity index (χ0n) is 11.4. The predicted molar refractivity (Wildman–Crippen MR) is 78.3 cm³/mol. The summed E-state index contributed by atoms with van der Waals surface area (Å²) in [5.74, 6) is 0.0888. The Morgan fingerprint density at radius 1 is 1.57 bits per heavy atom. The van der Waals surface area contributed by atoms with E-state index < -0.39 is 0 Å². The molecule has 2 N–H and O–H groups in total. The van der Waals surface area contributed by atoms with E-state index in [9.17, 15) is 4.79 Å². The Labute approximate surface area is 124 Å². The Morgan fingerprint density at radius 3 is 3.24 bits per heavy atom. The normalized spacial score (nSPS) is 13.6. The van der Waals surface area contributed by atoms with E-state index in [1.165, 1.54) is 22.6 Å². The molecule has 0 unspecified atom stereocenters. The molecule has 0 fully saturated rings. The second kappa shape index (κ2) is 6.00. The fraction of sp³-hybridized carbons (Fsp3) is 0.417. The molecule has 110 valence electrons. The predicted octanol–water partition coefficient (Wildman–Crippen LogP) is 1.70. The Bertz CT molecular complexity index is 664. The minimum atomic E-state index is -0.301. The highest BCUT2D eigenvalue weighted by Gasteiger charge is 2.27. The number of aryl methyl sites for hydroxylation is 1. The highest BCUT2D eigenvalue weighted by molar-refractivity contribution is 7.16. The van der Waals surface area contributed by atoms with Gasteiger partial charge in [-0.05, 0) is 42.2 Å². The molecule has 0 bridgehead atoms. The minimum Gasteiger partial charge on any atom is -0.462 e. The summed E-state index contributed by atoms with van der Waals surface area (Å²) >= 11 is 1.54. The first-order chi connectivity index (χ1) is 10.3. The summed E-state index contributed by atoms with van der Waals surface area (Å²) in [6, 6.07) is 0. The van der Waals surface area contributed by atoms with Crippen LogP contribution in [-0.2, 0) is 17.6 Å². The maximum absolute atomic E-state index is 12.1. The molecular weight excluding hydrogens is 292 g/mol. The maximum atomic E-state index is 12.1. The van der Waals surface area contributed by atoms with Crippen molar-refractivity contribution in [2.45, 2.75) is 26.2 Å². The number of ether oxygens (including phenoxy) is 1. The number of carbonyl (C=O) groups is 1. The molecule has 0 atom stereocenters. The van der Waals surface area contributed by atoms with E-state index in [0.29, 0.717) is 23.1 Å². The van der Waals surface area contributed by atoms with Gasteiger partial charge in [-0.2, -0.15) is 0 Å². The van der Waals surface area contributed by atoms with Gasteiger partial charge >= 0.3 is 5.97 Å². The molecule has 0 saturated heterocycles. The highest BCUT2D eigenvalue weighted by Crippen LogP contribution is 2.40. The van der Waals surface area contributed by atoms with Crippen LogP contribution in [0.2, 0.25) is 0 Å². The Kier molecular flexibility index (Phi) is 3.91. The number of hydrogen-bond acceptors (Lipinski definition) is 7. The van der Waals surface area contributed by atoms with Gasteiger partial charge in [0.1, 0.15) is 5.00 Å². The first kappa shape index (κ1) is 13.7. The number of carbonyl (C=O) groups excluding carboxylic acids is 1. The van der Waals surface area contributed by atoms with Gasteiger partial charge in [0.2, 0.25) is 5.95 Å². The summed E-state index contributed by atoms with van der Waals surface area (Å²) in [6.07, 6.45) is 4.46. The van der Waals surface area contributed by atoms with Gasteiger partial charge in [0.15, 0.2) is 0 Å². The number of aromatic nitrogens is 4. The SMILES string of the molecule is CCOC(=O)c1c(/N=C/Nc2nnn[nH]2)sc2c1CCC2. The van der Waals surface area contributed by atoms with Crippen molar-refractivity contribution in [2.75, 3.05) is 11.9 Å². The first-order valence-electron chi connectivity index (χ1n) is 6.64. The third-order valence-corrected chi connectivity index (χ3v) is 4.31. The van der Waals surface area contributed by atoms with Crippen molar-refractivity contribution in [3.8, 4) is 0 Å². The maximum Gasteiger partial charge on any atom is 0.341 e. The van der Waals surface area contributed by atoms with Crippen LogP contribution in [-0.4, -0.2) is 39.5 Å². The second-order valence-electron chi connectivity index (χ2n) is 4.41. The van der Waals surface area contributed by atoms with Crippen molar-refractivity contribution < 1.29 is 9.53 Å². The number of anilines is 1. The number of rotatable bonds is 5. The van der Waals surface area contributed by atoms with Crippen molar-refractivity contribution >= 4 is 34.6 Å². The minimum absolute atomic E-state index is 0.301. The quantitative estimate of drug-likeness (QED) is 0.495. The van der Waals surface area contributed by atoms with Gasteiger partial charge in [-0.3, -0.25) is 0 Å². The number of aliphatic imine (C=N–C) groups is 1. The summed E-state index contributed by atoms with van der Waals surface area (Å²) in [4.78, 5) is 17.7. The van der Waals surface area contributed by atoms with Crippen LogP contribution in [0, 0.1) is 0 Å². The number of nitrogens with one attached hydrogen (secondary N) is 2. The number of hydrogen-bond donors (Lipinski definition) is 2. The molecule has 9 heteroatoms. The Morgan fingerprint density at radius 2 is 2.48 bits per heavy atom. The van der Waals surface area contributed by atoms with Crippen LogP contribution in [0.3, 0.4) is 0 Å². The summed E-state index contributed by atoms with van der Waals surface area (Å²) in [7, 11) is 0. The summed E-state index contributed by atoms with van der Waals surface area (Å²) in [5.41, 5.74) is 1.69. The van der Waals surface area contributed by atoms with E-state index in [-0.39, 0.29) is 5.97 Å². The number of nitrogens with zero attached hydrogens (tertiary/aromatic N) is 4. The van der Waals surface area contributed by atoms with Gasteiger partial charge in [0.05, 0.1) is 18.5 Å². The molecule has 0 saturated carbocycles. The number of fused-ring (bicyclic) bond motifs is 1. The Hall–Kier alpha value is -2.29. The van der Waals surface area contributed by atoms with Crippen LogP contribution in [0.1, 0.15) is 34.1 Å². The van der Waals surface area contributed by atoms with Crippen LogP contribution in [0.5, 0.6) is 0 Å². The standard InChI is InChI=1S/C12H14N6O2S/c1-2-20-11(19)9-7-4-3-5-8(7)21-10(9)13-6-14-12-15-17-18-16-12/h6H,2-5H2,1H3,(H2,13,14,15,16,17,18). The monoisotopic (exact) mass is 306 g/mol. The zero-order valence-corrected chi connectivity index (χ0v) is 12.2. The van der Waals surface area contributed by atoms with E-state index in [1.54, 1.807) is 6.92 Å². The number of tetrazole rings is 1. The zero-order chi connectivity index (χ0) is 14.7. The van der Waals surface area contributed by atoms with E-state index in [0.717, 1.165) is 24.8 Å². The number of H-pyrrole nitrogens is 1. The molecule has 0 aliphatic heterocycles. The number of thiophene rings is 1. The lowest BCUT2D eigenvalue weighted by atomic mass is 10.1. The molecule has 3 rings (SSSR count). The molecule has 1 aliphatic rings. The van der Waals surface area contributed by atoms with Gasteiger partial charge in [-0.15, -0.1) is 11.3 Å². The van der Waals surface area contributed by atoms with Crippen molar-refractivity contribution in [1.29, 1.82) is 0 Å². The lowest BCUT2D eigenvalue weighted by Crippen LogP contribution is -2.06. The van der Waals surface area contributed by atoms with E-state index in [1.807, 2.05) is 0 Å². The fourth-order valence-corrected chi connectivity index (χ4v) is 3.49. The smallest absolute Gasteiger partial charge is 0.341 e. The van der Waals surface area contributed by atoms with Crippen LogP contribution in [0.4, 0.5) is 10.9 Å². The number of esters is 1. The third-order valence-electron chi connectivity index (χ3n) is 3.11. The largest absolute Gasteiger partial charge is 0.462 e. The molecule has 1 aliphatic carbocycles. The molecular formula is C12H14N6O2S. The topological polar surface area (TPSA) is 105 Å². The van der Waals surface area contributed by atoms with Gasteiger partial charge in [0.25, 0.3) is 0 Å². The van der Waals surface area contributed by atoms with Gasteiger partial charge in [-0.1, -0.05) is 5.10 Å². The second-order valence-corrected chi connectivity index (χ2v) is 5.49. The molecule has 8 nitrogen and oxygen atoms in total. The molecule has 0 amide bonds. The molecule has 0 radical (unpaired) electrons. The lowest BCUT2D eigenvalue weighted by molar-refractivity contribution is 0.0527. The van der Waals surface area contributed by atoms with Crippen LogP contribution < -0.4 is 5.32 Å². The third kappa shape index (κ3) is 2.77. The van der Waals surface area contributed by atoms with Gasteiger partial charge < -0.3 is 10.1 Å². The highest BCUT2D eigenvalue weighted by atomic mass is 32.1. The van der Waals surface area contributed by atoms with Gasteiger partial charge in [-0.25, -0.2) is 14.9 Å². The molecule has 2 aromatic rings. The van der Waals surface area contributed by atoms with Crippen molar-refractivity contribution in [2.24, 2.45) is 4.99 Å². The van der Waals surface area contributed by atoms with Crippen molar-refractivity contribution in [3.05, 3.63) is 16.0 Å². The molecule has 21 heavy (non-hydrogen) atoms. The molecule has 0 aromatic carbocycles. The average Bonchev–Trinajstić information content (AvgIpc) is 3.14. The lowest BCUT2D eigenvalue weighted by Gasteiger charge is -2.03. The van der Waals surface area contributed by atoms with Crippen molar-refractivity contribution in [3.63, 3.8) is 0 Å². The fourth-order valence-electron chi connectivity index (χ4n) is 2.27. The van der Waals surface area contributed by atoms with E-state index >= 15 is 0 Å². The van der Waals surface area contributed by atoms with Crippen LogP contribution in [0.25, 0.3) is 0 Å². The van der Waals surface area contributed by atoms with E-state index in [2.05, 4.69) is 30.9 Å². The Balaban J connectivity index is 1.84. The van der Waals surface area contributed by atoms with E-state index in [4.69, 9.17) is 4.74 Å². The molecule has 2 heterocycles.